The quantitative estimate of drug-likeness (QED) is 0.522. The molecular formula is C7H18ClFNOPSi. The van der Waals surface area contributed by atoms with Crippen molar-refractivity contribution in [3.8, 4) is 0 Å². The maximum absolute atomic E-state index is 13.5. The van der Waals surface area contributed by atoms with E-state index < -0.39 is 15.2 Å². The third-order valence-electron chi connectivity index (χ3n) is 0.980. The molecule has 0 amide bonds. The SMILES string of the molecule is CC(C)COP(F)(Cl)=N[Si](C)(C)C. The van der Waals surface area contributed by atoms with E-state index >= 15 is 0 Å². The van der Waals surface area contributed by atoms with Crippen LogP contribution in [0.15, 0.2) is 4.41 Å². The molecule has 0 rings (SSSR count). The normalized spacial score (nSPS) is 17.2. The molecule has 2 nitrogen and oxygen atoms in total. The molecule has 6 heteroatoms. The fraction of sp³-hybridized carbons (Fsp3) is 1.00. The van der Waals surface area contributed by atoms with E-state index in [4.69, 9.17) is 15.8 Å². The Morgan fingerprint density at radius 3 is 2.23 bits per heavy atom. The fourth-order valence-electron chi connectivity index (χ4n) is 0.617. The van der Waals surface area contributed by atoms with Crippen LogP contribution >= 0.6 is 18.2 Å². The van der Waals surface area contributed by atoms with Gasteiger partial charge in [0.15, 0.2) is 8.24 Å². The summed E-state index contributed by atoms with van der Waals surface area (Å²) in [6.07, 6.45) is 0. The van der Waals surface area contributed by atoms with E-state index in [1.54, 1.807) is 0 Å². The zero-order chi connectivity index (χ0) is 10.7. The zero-order valence-electron chi connectivity index (χ0n) is 8.84. The predicted octanol–water partition coefficient (Wildman–Crippen LogP) is 4.65. The van der Waals surface area contributed by atoms with Gasteiger partial charge in [0.05, 0.1) is 6.61 Å². The summed E-state index contributed by atoms with van der Waals surface area (Å²) >= 11 is 5.56. The maximum atomic E-state index is 13.5. The molecule has 0 saturated carbocycles. The molecule has 0 radical (unpaired) electrons. The van der Waals surface area contributed by atoms with Crippen molar-refractivity contribution in [1.82, 2.24) is 0 Å². The Morgan fingerprint density at radius 1 is 1.46 bits per heavy atom. The molecule has 0 spiro atoms. The molecule has 1 atom stereocenters. The van der Waals surface area contributed by atoms with E-state index in [0.717, 1.165) is 0 Å². The van der Waals surface area contributed by atoms with Crippen molar-refractivity contribution in [2.75, 3.05) is 6.61 Å². The second-order valence-electron chi connectivity index (χ2n) is 4.40. The van der Waals surface area contributed by atoms with Crippen LogP contribution in [0.4, 0.5) is 4.20 Å². The molecule has 80 valence electrons. The van der Waals surface area contributed by atoms with Crippen LogP contribution in [0.2, 0.25) is 19.6 Å². The van der Waals surface area contributed by atoms with Gasteiger partial charge in [-0.1, -0.05) is 13.8 Å². The molecular weight excluding hydrogens is 228 g/mol. The van der Waals surface area contributed by atoms with Gasteiger partial charge in [-0.15, -0.1) is 0 Å². The Kier molecular flexibility index (Phi) is 5.16. The van der Waals surface area contributed by atoms with Crippen molar-refractivity contribution in [2.45, 2.75) is 33.5 Å². The number of nitrogens with zero attached hydrogens (tertiary/aromatic N) is 1. The second kappa shape index (κ2) is 4.92. The van der Waals surface area contributed by atoms with Crippen molar-refractivity contribution in [2.24, 2.45) is 10.3 Å². The summed E-state index contributed by atoms with van der Waals surface area (Å²) in [5.74, 6) is 0.283. The predicted molar refractivity (Wildman–Crippen MR) is 60.4 cm³/mol. The van der Waals surface area contributed by atoms with Crippen LogP contribution in [0.1, 0.15) is 13.8 Å². The first kappa shape index (κ1) is 13.6. The highest BCUT2D eigenvalue weighted by molar-refractivity contribution is 7.83. The van der Waals surface area contributed by atoms with Gasteiger partial charge in [0.1, 0.15) is 0 Å². The summed E-state index contributed by atoms with van der Waals surface area (Å²) in [6.45, 7) is 6.57. The molecule has 0 aromatic rings. The molecule has 1 unspecified atom stereocenters. The summed E-state index contributed by atoms with van der Waals surface area (Å²) < 4.78 is 22.4. The van der Waals surface area contributed by atoms with Gasteiger partial charge in [-0.25, -0.2) is 0 Å². The highest BCUT2D eigenvalue weighted by Crippen LogP contribution is 2.59. The molecule has 0 N–H and O–H groups in total. The van der Waals surface area contributed by atoms with Crippen LogP contribution in [0.25, 0.3) is 0 Å². The fourth-order valence-corrected chi connectivity index (χ4v) is 6.33. The van der Waals surface area contributed by atoms with Crippen LogP contribution < -0.4 is 0 Å². The average Bonchev–Trinajstić information content (AvgIpc) is 1.78. The van der Waals surface area contributed by atoms with Gasteiger partial charge in [0.2, 0.25) is 0 Å². The van der Waals surface area contributed by atoms with Crippen LogP contribution in [0, 0.1) is 5.92 Å². The third kappa shape index (κ3) is 8.94. The van der Waals surface area contributed by atoms with Gasteiger partial charge < -0.3 is 4.52 Å². The minimum atomic E-state index is -3.46. The van der Waals surface area contributed by atoms with Crippen LogP contribution in [-0.2, 0) is 4.52 Å². The van der Waals surface area contributed by atoms with Crippen molar-refractivity contribution in [3.63, 3.8) is 0 Å². The van der Waals surface area contributed by atoms with E-state index in [9.17, 15) is 4.20 Å². The smallest absolute Gasteiger partial charge is 0.309 e. The van der Waals surface area contributed by atoms with Crippen LogP contribution in [0.3, 0.4) is 0 Å². The van der Waals surface area contributed by atoms with Gasteiger partial charge in [-0.3, -0.25) is 4.41 Å². The Morgan fingerprint density at radius 2 is 1.92 bits per heavy atom. The van der Waals surface area contributed by atoms with E-state index in [1.165, 1.54) is 0 Å². The largest absolute Gasteiger partial charge is 0.338 e. The number of hydrogen-bond donors (Lipinski definition) is 0. The highest BCUT2D eigenvalue weighted by Gasteiger charge is 2.22. The molecule has 0 aliphatic heterocycles. The molecule has 0 aromatic carbocycles. The molecule has 0 saturated heterocycles. The average molecular weight is 246 g/mol. The maximum Gasteiger partial charge on any atom is 0.338 e. The number of halogens is 2. The lowest BCUT2D eigenvalue weighted by Crippen LogP contribution is -2.15. The van der Waals surface area contributed by atoms with E-state index in [1.807, 2.05) is 33.5 Å². The Labute approximate surface area is 86.0 Å². The molecule has 0 aliphatic carbocycles. The first-order valence-corrected chi connectivity index (χ1v) is 10.2. The van der Waals surface area contributed by atoms with Gasteiger partial charge in [0.25, 0.3) is 0 Å². The standard InChI is InChI=1S/C7H18ClFNOPSi/c1-7(2)6-11-12(8,9)10-13(3,4)5/h7H,6H2,1-5H3. The lowest BCUT2D eigenvalue weighted by Gasteiger charge is -2.16. The first-order valence-electron chi connectivity index (χ1n) is 4.30. The monoisotopic (exact) mass is 245 g/mol. The Balaban J connectivity index is 4.31. The summed E-state index contributed by atoms with van der Waals surface area (Å²) in [5, 5.41) is 0. The number of hydrogen-bond acceptors (Lipinski definition) is 2. The van der Waals surface area contributed by atoms with Crippen LogP contribution in [-0.4, -0.2) is 14.8 Å². The Hall–Kier alpha value is 0.627. The summed E-state index contributed by atoms with van der Waals surface area (Å²) in [7, 11) is -1.82. The van der Waals surface area contributed by atoms with E-state index in [2.05, 4.69) is 4.41 Å². The van der Waals surface area contributed by atoms with Crippen molar-refractivity contribution >= 4 is 26.4 Å². The lowest BCUT2D eigenvalue weighted by molar-refractivity contribution is 0.285. The van der Waals surface area contributed by atoms with E-state index in [-0.39, 0.29) is 5.92 Å². The number of rotatable bonds is 4. The summed E-state index contributed by atoms with van der Waals surface area (Å²) in [5.41, 5.74) is 0. The molecule has 0 fully saturated rings. The zero-order valence-corrected chi connectivity index (χ0v) is 11.5. The minimum absolute atomic E-state index is 0.283. The van der Waals surface area contributed by atoms with Crippen molar-refractivity contribution in [1.29, 1.82) is 0 Å². The summed E-state index contributed by atoms with van der Waals surface area (Å²) in [4.78, 5) is 0. The van der Waals surface area contributed by atoms with Gasteiger partial charge in [-0.05, 0) is 36.8 Å². The molecule has 13 heavy (non-hydrogen) atoms. The Bertz CT molecular complexity index is 211. The molecule has 0 aliphatic rings. The van der Waals surface area contributed by atoms with Gasteiger partial charge in [-0.2, -0.15) is 4.20 Å². The third-order valence-corrected chi connectivity index (χ3v) is 5.74. The first-order chi connectivity index (χ1) is 5.62. The molecule has 0 bridgehead atoms. The van der Waals surface area contributed by atoms with Crippen molar-refractivity contribution < 1.29 is 8.72 Å². The topological polar surface area (TPSA) is 21.6 Å². The van der Waals surface area contributed by atoms with Crippen molar-refractivity contribution in [3.05, 3.63) is 0 Å². The second-order valence-corrected chi connectivity index (χ2v) is 11.9. The van der Waals surface area contributed by atoms with E-state index in [0.29, 0.717) is 6.61 Å². The lowest BCUT2D eigenvalue weighted by atomic mass is 10.2. The molecule has 0 aromatic heterocycles. The van der Waals surface area contributed by atoms with Crippen LogP contribution in [0.5, 0.6) is 0 Å². The highest BCUT2D eigenvalue weighted by atomic mass is 35.7. The van der Waals surface area contributed by atoms with Gasteiger partial charge in [0, 0.05) is 0 Å². The van der Waals surface area contributed by atoms with Gasteiger partial charge >= 0.3 is 6.94 Å². The summed E-state index contributed by atoms with van der Waals surface area (Å²) in [6, 6.07) is 0. The molecule has 0 heterocycles. The minimum Gasteiger partial charge on any atom is -0.309 e.